The number of fused-ring (bicyclic) bond motifs is 1. The lowest BCUT2D eigenvalue weighted by Gasteiger charge is -2.25. The molecule has 0 aliphatic carbocycles. The Morgan fingerprint density at radius 1 is 1.14 bits per heavy atom. The minimum atomic E-state index is -3.32. The molecule has 1 unspecified atom stereocenters. The number of carbonyl (C=O) groups is 1. The Bertz CT molecular complexity index is 1550. The highest BCUT2D eigenvalue weighted by Gasteiger charge is 2.31. The Morgan fingerprint density at radius 3 is 2.54 bits per heavy atom. The molecule has 1 amide bonds. The SMILES string of the molecule is CCOc1ccc(-c2nc3cc(Oc4ccc(S(C)(=O)=O)cc4)c(C4CCCN4C(C)=O)cc3[nH]2)nc1. The Hall–Kier alpha value is -3.92. The number of H-pyrrole nitrogens is 1. The van der Waals surface area contributed by atoms with E-state index in [1.54, 1.807) is 25.3 Å². The zero-order chi connectivity index (χ0) is 26.2. The van der Waals surface area contributed by atoms with E-state index in [1.807, 2.05) is 36.1 Å². The first kappa shape index (κ1) is 24.8. The van der Waals surface area contributed by atoms with Gasteiger partial charge in [-0.3, -0.25) is 4.79 Å². The van der Waals surface area contributed by atoms with Gasteiger partial charge in [0.2, 0.25) is 5.91 Å². The van der Waals surface area contributed by atoms with E-state index >= 15 is 0 Å². The van der Waals surface area contributed by atoms with Crippen molar-refractivity contribution in [1.82, 2.24) is 19.9 Å². The van der Waals surface area contributed by atoms with Crippen molar-refractivity contribution in [1.29, 1.82) is 0 Å². The topological polar surface area (TPSA) is 114 Å². The van der Waals surface area contributed by atoms with Crippen molar-refractivity contribution in [2.75, 3.05) is 19.4 Å². The summed E-state index contributed by atoms with van der Waals surface area (Å²) in [5, 5.41) is 0. The molecule has 5 rings (SSSR count). The second-order valence-electron chi connectivity index (χ2n) is 9.02. The lowest BCUT2D eigenvalue weighted by molar-refractivity contribution is -0.129. The molecule has 4 aromatic rings. The predicted octanol–water partition coefficient (Wildman–Crippen LogP) is 4.90. The van der Waals surface area contributed by atoms with Crippen molar-refractivity contribution in [3.63, 3.8) is 0 Å². The minimum Gasteiger partial charge on any atom is -0.492 e. The molecule has 2 aromatic heterocycles. The van der Waals surface area contributed by atoms with Crippen molar-refractivity contribution in [3.05, 3.63) is 60.3 Å². The Kier molecular flexibility index (Phi) is 6.59. The molecule has 192 valence electrons. The smallest absolute Gasteiger partial charge is 0.219 e. The molecule has 1 saturated heterocycles. The number of nitrogens with one attached hydrogen (secondary N) is 1. The van der Waals surface area contributed by atoms with Crippen molar-refractivity contribution >= 4 is 26.8 Å². The predicted molar refractivity (Wildman–Crippen MR) is 139 cm³/mol. The number of ether oxygens (including phenoxy) is 2. The number of imidazole rings is 1. The Balaban J connectivity index is 1.56. The molecule has 0 bridgehead atoms. The second-order valence-corrected chi connectivity index (χ2v) is 11.0. The van der Waals surface area contributed by atoms with Crippen LogP contribution in [0.15, 0.2) is 59.6 Å². The first-order valence-corrected chi connectivity index (χ1v) is 14.0. The fourth-order valence-electron chi connectivity index (χ4n) is 4.65. The average Bonchev–Trinajstić information content (AvgIpc) is 3.51. The molecule has 9 nitrogen and oxygen atoms in total. The van der Waals surface area contributed by atoms with Crippen LogP contribution in [0.1, 0.15) is 38.3 Å². The fraction of sp³-hybridized carbons (Fsp3) is 0.296. The van der Waals surface area contributed by atoms with Gasteiger partial charge in [-0.05, 0) is 62.2 Å². The number of carbonyl (C=O) groups excluding carboxylic acids is 1. The number of pyridine rings is 1. The molecule has 37 heavy (non-hydrogen) atoms. The van der Waals surface area contributed by atoms with Gasteiger partial charge in [-0.15, -0.1) is 0 Å². The maximum absolute atomic E-state index is 12.3. The average molecular weight is 521 g/mol. The number of aromatic nitrogens is 3. The first-order valence-electron chi connectivity index (χ1n) is 12.1. The second kappa shape index (κ2) is 9.85. The van der Waals surface area contributed by atoms with Gasteiger partial charge in [0, 0.05) is 31.4 Å². The summed E-state index contributed by atoms with van der Waals surface area (Å²) in [5.41, 5.74) is 3.02. The van der Waals surface area contributed by atoms with Gasteiger partial charge in [0.05, 0.1) is 34.8 Å². The molecule has 0 saturated carbocycles. The van der Waals surface area contributed by atoms with Crippen LogP contribution in [-0.4, -0.2) is 53.6 Å². The van der Waals surface area contributed by atoms with E-state index < -0.39 is 9.84 Å². The normalized spacial score (nSPS) is 15.8. The summed E-state index contributed by atoms with van der Waals surface area (Å²) in [6.45, 7) is 4.74. The number of rotatable bonds is 7. The largest absolute Gasteiger partial charge is 0.492 e. The molecule has 10 heteroatoms. The van der Waals surface area contributed by atoms with Crippen LogP contribution in [-0.2, 0) is 14.6 Å². The van der Waals surface area contributed by atoms with Gasteiger partial charge in [0.15, 0.2) is 15.7 Å². The van der Waals surface area contributed by atoms with Gasteiger partial charge >= 0.3 is 0 Å². The highest BCUT2D eigenvalue weighted by atomic mass is 32.2. The number of sulfone groups is 1. The zero-order valence-electron chi connectivity index (χ0n) is 20.9. The number of hydrogen-bond donors (Lipinski definition) is 1. The van der Waals surface area contributed by atoms with Gasteiger partial charge in [-0.1, -0.05) is 0 Å². The third-order valence-electron chi connectivity index (χ3n) is 6.40. The number of aromatic amines is 1. The number of hydrogen-bond acceptors (Lipinski definition) is 7. The summed E-state index contributed by atoms with van der Waals surface area (Å²) in [4.78, 5) is 27.0. The van der Waals surface area contributed by atoms with Crippen molar-refractivity contribution in [2.45, 2.75) is 37.6 Å². The van der Waals surface area contributed by atoms with E-state index in [1.165, 1.54) is 18.4 Å². The van der Waals surface area contributed by atoms with Crippen molar-refractivity contribution in [3.8, 4) is 28.8 Å². The van der Waals surface area contributed by atoms with Crippen LogP contribution >= 0.6 is 0 Å². The molecule has 1 fully saturated rings. The van der Waals surface area contributed by atoms with E-state index in [9.17, 15) is 13.2 Å². The van der Waals surface area contributed by atoms with Crippen LogP contribution in [0.4, 0.5) is 0 Å². The zero-order valence-corrected chi connectivity index (χ0v) is 21.7. The summed E-state index contributed by atoms with van der Waals surface area (Å²) in [5.74, 6) is 2.36. The third kappa shape index (κ3) is 5.15. The van der Waals surface area contributed by atoms with Crippen molar-refractivity contribution < 1.29 is 22.7 Å². The lowest BCUT2D eigenvalue weighted by atomic mass is 10.0. The molecule has 2 aromatic carbocycles. The minimum absolute atomic E-state index is 0.00920. The molecule has 1 aliphatic heterocycles. The van der Waals surface area contributed by atoms with Gasteiger partial charge < -0.3 is 19.4 Å². The van der Waals surface area contributed by atoms with E-state index in [0.717, 1.165) is 23.9 Å². The maximum Gasteiger partial charge on any atom is 0.219 e. The first-order chi connectivity index (χ1) is 17.7. The lowest BCUT2D eigenvalue weighted by Crippen LogP contribution is -2.28. The summed E-state index contributed by atoms with van der Waals surface area (Å²) in [6.07, 6.45) is 4.54. The van der Waals surface area contributed by atoms with Crippen LogP contribution in [0.5, 0.6) is 17.2 Å². The molecular weight excluding hydrogens is 492 g/mol. The van der Waals surface area contributed by atoms with E-state index in [4.69, 9.17) is 14.5 Å². The van der Waals surface area contributed by atoms with Gasteiger partial charge in [0.25, 0.3) is 0 Å². The summed E-state index contributed by atoms with van der Waals surface area (Å²) in [6, 6.07) is 13.7. The van der Waals surface area contributed by atoms with Crippen LogP contribution < -0.4 is 9.47 Å². The maximum atomic E-state index is 12.3. The van der Waals surface area contributed by atoms with Gasteiger partial charge in [-0.25, -0.2) is 18.4 Å². The summed E-state index contributed by atoms with van der Waals surface area (Å²) in [7, 11) is -3.32. The molecular formula is C27H28N4O5S. The number of nitrogens with zero attached hydrogens (tertiary/aromatic N) is 3. The summed E-state index contributed by atoms with van der Waals surface area (Å²) >= 11 is 0. The van der Waals surface area contributed by atoms with Gasteiger partial charge in [-0.2, -0.15) is 0 Å². The quantitative estimate of drug-likeness (QED) is 0.368. The number of likely N-dealkylation sites (tertiary alicyclic amines) is 1. The Labute approximate surface area is 215 Å². The molecule has 1 aliphatic rings. The number of benzene rings is 2. The Morgan fingerprint density at radius 2 is 1.89 bits per heavy atom. The fourth-order valence-corrected chi connectivity index (χ4v) is 5.28. The molecule has 3 heterocycles. The molecule has 1 atom stereocenters. The van der Waals surface area contributed by atoms with E-state index in [2.05, 4.69) is 9.97 Å². The van der Waals surface area contributed by atoms with E-state index in [0.29, 0.717) is 47.4 Å². The highest BCUT2D eigenvalue weighted by molar-refractivity contribution is 7.90. The monoisotopic (exact) mass is 520 g/mol. The highest BCUT2D eigenvalue weighted by Crippen LogP contribution is 2.41. The third-order valence-corrected chi connectivity index (χ3v) is 7.53. The van der Waals surface area contributed by atoms with Gasteiger partial charge in [0.1, 0.15) is 22.9 Å². The summed E-state index contributed by atoms with van der Waals surface area (Å²) < 4.78 is 35.4. The number of amides is 1. The van der Waals surface area contributed by atoms with Crippen LogP contribution in [0.3, 0.4) is 0 Å². The van der Waals surface area contributed by atoms with Crippen LogP contribution in [0.25, 0.3) is 22.6 Å². The molecule has 0 spiro atoms. The van der Waals surface area contributed by atoms with Crippen LogP contribution in [0, 0.1) is 0 Å². The molecule has 0 radical (unpaired) electrons. The van der Waals surface area contributed by atoms with Crippen molar-refractivity contribution in [2.24, 2.45) is 0 Å². The molecule has 1 N–H and O–H groups in total. The van der Waals surface area contributed by atoms with E-state index in [-0.39, 0.29) is 16.8 Å². The standard InChI is InChI=1S/C27H28N4O5S/c1-4-35-19-9-12-22(28-16-19)27-29-23-14-21(25-6-5-13-31(25)17(2)32)26(15-24(23)30-27)36-18-7-10-20(11-8-18)37(3,33)34/h7-12,14-16,25H,4-6,13H2,1-3H3,(H,29,30). The van der Waals surface area contributed by atoms with Crippen LogP contribution in [0.2, 0.25) is 0 Å².